The first-order valence-corrected chi connectivity index (χ1v) is 10.6. The molecule has 0 saturated carbocycles. The molecule has 3 rings (SSSR count). The number of ether oxygens (including phenoxy) is 3. The van der Waals surface area contributed by atoms with Gasteiger partial charge in [0.05, 0.1) is 25.8 Å². The van der Waals surface area contributed by atoms with Crippen molar-refractivity contribution in [3.63, 3.8) is 0 Å². The molecule has 0 spiro atoms. The third kappa shape index (κ3) is 5.22. The molecule has 1 aliphatic rings. The molecule has 1 aliphatic heterocycles. The van der Waals surface area contributed by atoms with Crippen molar-refractivity contribution in [2.75, 3.05) is 33.9 Å². The summed E-state index contributed by atoms with van der Waals surface area (Å²) < 4.78 is 17.7. The second-order valence-electron chi connectivity index (χ2n) is 7.15. The molecule has 0 atom stereocenters. The fourth-order valence-electron chi connectivity index (χ4n) is 3.77. The Morgan fingerprint density at radius 1 is 1.23 bits per heavy atom. The summed E-state index contributed by atoms with van der Waals surface area (Å²) in [5.74, 6) is 0.601. The summed E-state index contributed by atoms with van der Waals surface area (Å²) in [6.45, 7) is 3.58. The van der Waals surface area contributed by atoms with E-state index in [1.165, 1.54) is 14.2 Å². The van der Waals surface area contributed by atoms with Gasteiger partial charge in [0.25, 0.3) is 0 Å². The number of likely N-dealkylation sites (tertiary alicyclic amines) is 1. The van der Waals surface area contributed by atoms with Crippen molar-refractivity contribution in [2.45, 2.75) is 25.8 Å². The van der Waals surface area contributed by atoms with E-state index in [1.807, 2.05) is 28.7 Å². The van der Waals surface area contributed by atoms with Crippen LogP contribution in [0.2, 0.25) is 5.02 Å². The van der Waals surface area contributed by atoms with Crippen molar-refractivity contribution in [1.82, 2.24) is 9.47 Å². The minimum Gasteiger partial charge on any atom is -0.491 e. The van der Waals surface area contributed by atoms with Crippen molar-refractivity contribution in [2.24, 2.45) is 0 Å². The Labute approximate surface area is 187 Å². The molecule has 8 heteroatoms. The molecule has 1 aromatic carbocycles. The Morgan fingerprint density at radius 3 is 2.61 bits per heavy atom. The van der Waals surface area contributed by atoms with Gasteiger partial charge in [0.1, 0.15) is 5.69 Å². The van der Waals surface area contributed by atoms with Gasteiger partial charge < -0.3 is 23.7 Å². The van der Waals surface area contributed by atoms with Crippen molar-refractivity contribution in [3.8, 4) is 11.5 Å². The average molecular weight is 447 g/mol. The van der Waals surface area contributed by atoms with Crippen molar-refractivity contribution in [3.05, 3.63) is 52.8 Å². The number of carbonyl (C=O) groups is 2. The summed E-state index contributed by atoms with van der Waals surface area (Å²) in [5.41, 5.74) is 1.29. The van der Waals surface area contributed by atoms with Gasteiger partial charge in [-0.15, -0.1) is 0 Å². The number of methoxy groups -OCH3 is 2. The maximum atomic E-state index is 12.7. The van der Waals surface area contributed by atoms with Crippen LogP contribution in [-0.4, -0.2) is 55.3 Å². The number of esters is 1. The van der Waals surface area contributed by atoms with Crippen LogP contribution in [0.5, 0.6) is 11.5 Å². The van der Waals surface area contributed by atoms with Gasteiger partial charge in [0.2, 0.25) is 5.91 Å². The smallest absolute Gasteiger partial charge is 0.354 e. The van der Waals surface area contributed by atoms with E-state index in [9.17, 15) is 9.59 Å². The van der Waals surface area contributed by atoms with Gasteiger partial charge >= 0.3 is 5.97 Å². The fraction of sp³-hybridized carbons (Fsp3) is 0.391. The Hall–Kier alpha value is -2.93. The molecule has 7 nitrogen and oxygen atoms in total. The monoisotopic (exact) mass is 446 g/mol. The first-order valence-electron chi connectivity index (χ1n) is 10.2. The molecule has 0 N–H and O–H groups in total. The first kappa shape index (κ1) is 22.7. The summed E-state index contributed by atoms with van der Waals surface area (Å²) >= 11 is 6.28. The molecule has 0 aliphatic carbocycles. The van der Waals surface area contributed by atoms with Crippen molar-refractivity contribution < 1.29 is 23.8 Å². The topological polar surface area (TPSA) is 70.0 Å². The van der Waals surface area contributed by atoms with Crippen LogP contribution in [0.1, 0.15) is 41.9 Å². The summed E-state index contributed by atoms with van der Waals surface area (Å²) in [4.78, 5) is 26.4. The molecular weight excluding hydrogens is 420 g/mol. The molecule has 0 unspecified atom stereocenters. The quantitative estimate of drug-likeness (QED) is 0.470. The highest BCUT2D eigenvalue weighted by atomic mass is 35.5. The predicted octanol–water partition coefficient (Wildman–Crippen LogP) is 4.21. The average Bonchev–Trinajstić information content (AvgIpc) is 3.27. The van der Waals surface area contributed by atoms with Crippen LogP contribution in [0.4, 0.5) is 0 Å². The normalized spacial score (nSPS) is 14.6. The second-order valence-corrected chi connectivity index (χ2v) is 7.56. The lowest BCUT2D eigenvalue weighted by Crippen LogP contribution is -2.38. The number of rotatable bonds is 7. The number of benzene rings is 1. The SMILES string of the molecule is CCOc1cc(/C=C/C(=O)N2CCC(n3cccc3C(=O)OC)CC2)cc(Cl)c1OC. The number of carbonyl (C=O) groups excluding carboxylic acids is 2. The highest BCUT2D eigenvalue weighted by Gasteiger charge is 2.25. The fourth-order valence-corrected chi connectivity index (χ4v) is 4.07. The van der Waals surface area contributed by atoms with Crippen LogP contribution < -0.4 is 9.47 Å². The van der Waals surface area contributed by atoms with Gasteiger partial charge in [-0.1, -0.05) is 11.6 Å². The van der Waals surface area contributed by atoms with Gasteiger partial charge in [0, 0.05) is 31.4 Å². The Bertz CT molecular complexity index is 961. The van der Waals surface area contributed by atoms with Crippen LogP contribution in [0.3, 0.4) is 0 Å². The molecule has 2 heterocycles. The Morgan fingerprint density at radius 2 is 1.97 bits per heavy atom. The molecule has 0 bridgehead atoms. The minimum absolute atomic E-state index is 0.0657. The van der Waals surface area contributed by atoms with E-state index in [-0.39, 0.29) is 17.9 Å². The summed E-state index contributed by atoms with van der Waals surface area (Å²) in [6.07, 6.45) is 6.69. The molecule has 1 aromatic heterocycles. The molecule has 1 amide bonds. The minimum atomic E-state index is -0.351. The zero-order chi connectivity index (χ0) is 22.4. The van der Waals surface area contributed by atoms with E-state index in [4.69, 9.17) is 25.8 Å². The summed E-state index contributed by atoms with van der Waals surface area (Å²) in [7, 11) is 2.91. The van der Waals surface area contributed by atoms with E-state index >= 15 is 0 Å². The van der Waals surface area contributed by atoms with Crippen LogP contribution in [0.15, 0.2) is 36.5 Å². The van der Waals surface area contributed by atoms with Gasteiger partial charge in [-0.05, 0) is 55.7 Å². The number of hydrogen-bond donors (Lipinski definition) is 0. The number of piperidine rings is 1. The van der Waals surface area contributed by atoms with Gasteiger partial charge in [-0.3, -0.25) is 4.79 Å². The summed E-state index contributed by atoms with van der Waals surface area (Å²) in [5, 5.41) is 0.425. The molecule has 1 fully saturated rings. The number of halogens is 1. The van der Waals surface area contributed by atoms with Gasteiger partial charge in [-0.25, -0.2) is 4.79 Å². The molecule has 0 radical (unpaired) electrons. The highest BCUT2D eigenvalue weighted by molar-refractivity contribution is 6.32. The van der Waals surface area contributed by atoms with Crippen molar-refractivity contribution >= 4 is 29.6 Å². The lowest BCUT2D eigenvalue weighted by Gasteiger charge is -2.32. The Kier molecular flexibility index (Phi) is 7.63. The van der Waals surface area contributed by atoms with Crippen molar-refractivity contribution in [1.29, 1.82) is 0 Å². The van der Waals surface area contributed by atoms with E-state index in [0.29, 0.717) is 41.9 Å². The van der Waals surface area contributed by atoms with Crippen LogP contribution in [0.25, 0.3) is 6.08 Å². The van der Waals surface area contributed by atoms with Crippen LogP contribution in [-0.2, 0) is 9.53 Å². The largest absolute Gasteiger partial charge is 0.491 e. The first-order chi connectivity index (χ1) is 15.0. The summed E-state index contributed by atoms with van der Waals surface area (Å²) in [6, 6.07) is 7.28. The maximum Gasteiger partial charge on any atom is 0.354 e. The third-order valence-corrected chi connectivity index (χ3v) is 5.58. The predicted molar refractivity (Wildman–Crippen MR) is 119 cm³/mol. The van der Waals surface area contributed by atoms with E-state index < -0.39 is 0 Å². The number of aromatic nitrogens is 1. The highest BCUT2D eigenvalue weighted by Crippen LogP contribution is 2.36. The zero-order valence-corrected chi connectivity index (χ0v) is 18.7. The maximum absolute atomic E-state index is 12.7. The van der Waals surface area contributed by atoms with Crippen LogP contribution in [0, 0.1) is 0 Å². The molecular formula is C23H27ClN2O5. The number of hydrogen-bond acceptors (Lipinski definition) is 5. The van der Waals surface area contributed by atoms with Gasteiger partial charge in [-0.2, -0.15) is 0 Å². The lowest BCUT2D eigenvalue weighted by molar-refractivity contribution is -0.127. The standard InChI is InChI=1S/C23H27ClN2O5/c1-4-31-20-15-16(14-18(24)22(20)29-2)7-8-21(27)25-12-9-17(10-13-25)26-11-5-6-19(26)23(28)30-3/h5-8,11,14-15,17H,4,9-10,12-13H2,1-3H3/b8-7+. The third-order valence-electron chi connectivity index (χ3n) is 5.30. The van der Waals surface area contributed by atoms with E-state index in [1.54, 1.807) is 30.4 Å². The Balaban J connectivity index is 1.63. The molecule has 31 heavy (non-hydrogen) atoms. The molecule has 1 saturated heterocycles. The van der Waals surface area contributed by atoms with Crippen LogP contribution >= 0.6 is 11.6 Å². The second kappa shape index (κ2) is 10.4. The molecule has 166 valence electrons. The van der Waals surface area contributed by atoms with Gasteiger partial charge in [0.15, 0.2) is 11.5 Å². The van der Waals surface area contributed by atoms with E-state index in [0.717, 1.165) is 18.4 Å². The number of nitrogens with zero attached hydrogens (tertiary/aromatic N) is 2. The zero-order valence-electron chi connectivity index (χ0n) is 18.0. The molecule has 2 aromatic rings. The number of amides is 1. The lowest BCUT2D eigenvalue weighted by atomic mass is 10.0. The van der Waals surface area contributed by atoms with E-state index in [2.05, 4.69) is 0 Å².